The topological polar surface area (TPSA) is 26.0 Å². The number of nitrogens with two attached hydrogens (primary N) is 1. The normalized spacial score (nSPS) is 9.83. The summed E-state index contributed by atoms with van der Waals surface area (Å²) in [6.07, 6.45) is 3.42. The van der Waals surface area contributed by atoms with Crippen LogP contribution in [0.5, 0.6) is 0 Å². The van der Waals surface area contributed by atoms with Gasteiger partial charge >= 0.3 is 0 Å². The zero-order valence-electron chi connectivity index (χ0n) is 10.5. The fraction of sp³-hybridized carbons (Fsp3) is 0.250. The van der Waals surface area contributed by atoms with Crippen LogP contribution < -0.4 is 5.73 Å². The van der Waals surface area contributed by atoms with Gasteiger partial charge in [-0.25, -0.2) is 0 Å². The molecular formula is C16H20ClN. The molecule has 0 bridgehead atoms. The first-order valence-electron chi connectivity index (χ1n) is 6.24. The largest absolute Gasteiger partial charge is 0.330 e. The minimum absolute atomic E-state index is 0. The van der Waals surface area contributed by atoms with Gasteiger partial charge in [-0.3, -0.25) is 0 Å². The van der Waals surface area contributed by atoms with Crippen molar-refractivity contribution < 1.29 is 0 Å². The van der Waals surface area contributed by atoms with Crippen LogP contribution in [0, 0.1) is 0 Å². The number of hydrogen-bond donors (Lipinski definition) is 1. The van der Waals surface area contributed by atoms with Crippen molar-refractivity contribution in [3.63, 3.8) is 0 Å². The van der Waals surface area contributed by atoms with Crippen LogP contribution >= 0.6 is 12.4 Å². The van der Waals surface area contributed by atoms with Gasteiger partial charge in [0, 0.05) is 0 Å². The van der Waals surface area contributed by atoms with Crippen LogP contribution in [0.1, 0.15) is 18.4 Å². The van der Waals surface area contributed by atoms with Crippen molar-refractivity contribution in [2.24, 2.45) is 5.73 Å². The van der Waals surface area contributed by atoms with Crippen LogP contribution in [0.25, 0.3) is 11.1 Å². The first-order valence-corrected chi connectivity index (χ1v) is 6.24. The summed E-state index contributed by atoms with van der Waals surface area (Å²) in [7, 11) is 0. The molecule has 0 atom stereocenters. The highest BCUT2D eigenvalue weighted by atomic mass is 35.5. The highest BCUT2D eigenvalue weighted by molar-refractivity contribution is 5.85. The van der Waals surface area contributed by atoms with Gasteiger partial charge in [0.05, 0.1) is 0 Å². The van der Waals surface area contributed by atoms with E-state index in [2.05, 4.69) is 48.5 Å². The molecule has 18 heavy (non-hydrogen) atoms. The number of aryl methyl sites for hydroxylation is 1. The number of benzene rings is 2. The van der Waals surface area contributed by atoms with Gasteiger partial charge in [-0.1, -0.05) is 54.6 Å². The monoisotopic (exact) mass is 261 g/mol. The van der Waals surface area contributed by atoms with Gasteiger partial charge in [0.25, 0.3) is 0 Å². The molecule has 0 radical (unpaired) electrons. The Labute approximate surface area is 115 Å². The summed E-state index contributed by atoms with van der Waals surface area (Å²) in [6, 6.07) is 19.3. The number of rotatable bonds is 5. The molecule has 0 aliphatic rings. The molecule has 0 unspecified atom stereocenters. The lowest BCUT2D eigenvalue weighted by atomic mass is 10.0. The van der Waals surface area contributed by atoms with Crippen molar-refractivity contribution in [2.75, 3.05) is 6.54 Å². The van der Waals surface area contributed by atoms with E-state index in [4.69, 9.17) is 5.73 Å². The SMILES string of the molecule is Cl.NCCCCc1ccc(-c2ccccc2)cc1. The van der Waals surface area contributed by atoms with E-state index in [9.17, 15) is 0 Å². The molecule has 2 rings (SSSR count). The van der Waals surface area contributed by atoms with Crippen molar-refractivity contribution in [3.8, 4) is 11.1 Å². The van der Waals surface area contributed by atoms with Crippen LogP contribution in [0.4, 0.5) is 0 Å². The summed E-state index contributed by atoms with van der Waals surface area (Å²) in [5.74, 6) is 0. The maximum absolute atomic E-state index is 5.49. The Hall–Kier alpha value is -1.31. The fourth-order valence-electron chi connectivity index (χ4n) is 1.97. The second-order valence-electron chi connectivity index (χ2n) is 4.31. The molecule has 0 saturated carbocycles. The Balaban J connectivity index is 0.00000162. The van der Waals surface area contributed by atoms with Gasteiger partial charge in [0.1, 0.15) is 0 Å². The third-order valence-corrected chi connectivity index (χ3v) is 2.98. The van der Waals surface area contributed by atoms with Crippen LogP contribution in [-0.4, -0.2) is 6.54 Å². The Morgan fingerprint density at radius 3 is 1.94 bits per heavy atom. The second-order valence-corrected chi connectivity index (χ2v) is 4.31. The van der Waals surface area contributed by atoms with Crippen LogP contribution in [0.3, 0.4) is 0 Å². The van der Waals surface area contributed by atoms with E-state index >= 15 is 0 Å². The Morgan fingerprint density at radius 1 is 0.722 bits per heavy atom. The quantitative estimate of drug-likeness (QED) is 0.807. The first kappa shape index (κ1) is 14.7. The van der Waals surface area contributed by atoms with Gasteiger partial charge < -0.3 is 5.73 Å². The lowest BCUT2D eigenvalue weighted by Crippen LogP contribution is -1.98. The lowest BCUT2D eigenvalue weighted by Gasteiger charge is -2.04. The van der Waals surface area contributed by atoms with Crippen molar-refractivity contribution in [1.29, 1.82) is 0 Å². The molecule has 0 spiro atoms. The van der Waals surface area contributed by atoms with E-state index in [0.717, 1.165) is 19.4 Å². The molecule has 0 aliphatic carbocycles. The van der Waals surface area contributed by atoms with Crippen LogP contribution in [0.15, 0.2) is 54.6 Å². The van der Waals surface area contributed by atoms with Crippen molar-refractivity contribution in [3.05, 3.63) is 60.2 Å². The summed E-state index contributed by atoms with van der Waals surface area (Å²) in [6.45, 7) is 0.794. The molecule has 96 valence electrons. The Morgan fingerprint density at radius 2 is 1.33 bits per heavy atom. The Bertz CT molecular complexity index is 436. The van der Waals surface area contributed by atoms with Gasteiger partial charge in [-0.15, -0.1) is 12.4 Å². The lowest BCUT2D eigenvalue weighted by molar-refractivity contribution is 0.745. The molecule has 0 fully saturated rings. The molecule has 0 amide bonds. The minimum Gasteiger partial charge on any atom is -0.330 e. The molecular weight excluding hydrogens is 242 g/mol. The molecule has 2 heteroatoms. The second kappa shape index (κ2) is 7.91. The fourth-order valence-corrected chi connectivity index (χ4v) is 1.97. The minimum atomic E-state index is 0. The number of hydrogen-bond acceptors (Lipinski definition) is 1. The summed E-state index contributed by atoms with van der Waals surface area (Å²) in [5, 5.41) is 0. The van der Waals surface area contributed by atoms with E-state index in [-0.39, 0.29) is 12.4 Å². The molecule has 0 heterocycles. The van der Waals surface area contributed by atoms with Crippen LogP contribution in [0.2, 0.25) is 0 Å². The standard InChI is InChI=1S/C16H19N.ClH/c17-13-5-4-6-14-9-11-16(12-10-14)15-7-2-1-3-8-15;/h1-3,7-12H,4-6,13,17H2;1H. The number of halogens is 1. The summed E-state index contributed by atoms with van der Waals surface area (Å²) >= 11 is 0. The Kier molecular flexibility index (Phi) is 6.48. The molecule has 2 aromatic rings. The highest BCUT2D eigenvalue weighted by Crippen LogP contribution is 2.19. The summed E-state index contributed by atoms with van der Waals surface area (Å²) < 4.78 is 0. The molecule has 0 aromatic heterocycles. The van der Waals surface area contributed by atoms with E-state index in [1.807, 2.05) is 6.07 Å². The molecule has 0 aliphatic heterocycles. The third-order valence-electron chi connectivity index (χ3n) is 2.98. The highest BCUT2D eigenvalue weighted by Gasteiger charge is 1.97. The molecule has 1 nitrogen and oxygen atoms in total. The van der Waals surface area contributed by atoms with Gasteiger partial charge in [-0.05, 0) is 42.5 Å². The maximum atomic E-state index is 5.49. The molecule has 2 N–H and O–H groups in total. The zero-order chi connectivity index (χ0) is 11.9. The van der Waals surface area contributed by atoms with Gasteiger partial charge in [-0.2, -0.15) is 0 Å². The predicted molar refractivity (Wildman–Crippen MR) is 81.1 cm³/mol. The summed E-state index contributed by atoms with van der Waals surface area (Å²) in [5.41, 5.74) is 9.46. The third kappa shape index (κ3) is 4.17. The van der Waals surface area contributed by atoms with E-state index in [0.29, 0.717) is 0 Å². The van der Waals surface area contributed by atoms with E-state index in [1.165, 1.54) is 23.1 Å². The average molecular weight is 262 g/mol. The van der Waals surface area contributed by atoms with Crippen molar-refractivity contribution in [2.45, 2.75) is 19.3 Å². The first-order chi connectivity index (χ1) is 8.40. The van der Waals surface area contributed by atoms with Gasteiger partial charge in [0.15, 0.2) is 0 Å². The molecule has 2 aromatic carbocycles. The molecule has 0 saturated heterocycles. The van der Waals surface area contributed by atoms with Crippen molar-refractivity contribution in [1.82, 2.24) is 0 Å². The predicted octanol–water partition coefficient (Wildman–Crippen LogP) is 4.06. The average Bonchev–Trinajstić information content (AvgIpc) is 2.41. The summed E-state index contributed by atoms with van der Waals surface area (Å²) in [4.78, 5) is 0. The van der Waals surface area contributed by atoms with Crippen LogP contribution in [-0.2, 0) is 6.42 Å². The smallest absolute Gasteiger partial charge is 0.00772 e. The maximum Gasteiger partial charge on any atom is -0.00772 e. The van der Waals surface area contributed by atoms with Crippen molar-refractivity contribution >= 4 is 12.4 Å². The van der Waals surface area contributed by atoms with Gasteiger partial charge in [0.2, 0.25) is 0 Å². The number of unbranched alkanes of at least 4 members (excludes halogenated alkanes) is 1. The zero-order valence-corrected chi connectivity index (χ0v) is 11.3. The van der Waals surface area contributed by atoms with E-state index < -0.39 is 0 Å². The van der Waals surface area contributed by atoms with E-state index in [1.54, 1.807) is 0 Å².